The minimum Gasteiger partial charge on any atom is -0.489 e. The Hall–Kier alpha value is -2.92. The molecule has 4 nitrogen and oxygen atoms in total. The minimum atomic E-state index is 0.463. The average Bonchev–Trinajstić information content (AvgIpc) is 3.10. The van der Waals surface area contributed by atoms with E-state index in [4.69, 9.17) is 4.74 Å². The molecule has 0 saturated heterocycles. The lowest BCUT2D eigenvalue weighted by atomic mass is 10.1. The van der Waals surface area contributed by atoms with Crippen LogP contribution < -0.4 is 10.2 Å². The maximum atomic E-state index is 5.61. The van der Waals surface area contributed by atoms with Gasteiger partial charge in [-0.15, -0.1) is 11.3 Å². The summed E-state index contributed by atoms with van der Waals surface area (Å²) in [7, 11) is 0. The van der Waals surface area contributed by atoms with Crippen LogP contribution >= 0.6 is 11.3 Å². The third-order valence-corrected chi connectivity index (χ3v) is 4.24. The third-order valence-electron chi connectivity index (χ3n) is 3.49. The van der Waals surface area contributed by atoms with Gasteiger partial charge in [0.2, 0.25) is 5.13 Å². The van der Waals surface area contributed by atoms with Crippen LogP contribution in [0.3, 0.4) is 0 Å². The van der Waals surface area contributed by atoms with Crippen molar-refractivity contribution >= 4 is 22.7 Å². The topological polar surface area (TPSA) is 46.5 Å². The molecular formula is C20H19N3OS. The number of hydrazone groups is 1. The van der Waals surface area contributed by atoms with Crippen LogP contribution in [0.4, 0.5) is 5.13 Å². The molecule has 126 valence electrons. The van der Waals surface area contributed by atoms with Gasteiger partial charge in [0.1, 0.15) is 12.4 Å². The largest absolute Gasteiger partial charge is 0.489 e. The van der Waals surface area contributed by atoms with E-state index in [9.17, 15) is 0 Å². The maximum Gasteiger partial charge on any atom is 0.203 e. The van der Waals surface area contributed by atoms with Crippen molar-refractivity contribution in [3.8, 4) is 17.0 Å². The Morgan fingerprint density at radius 1 is 1.20 bits per heavy atom. The second-order valence-corrected chi connectivity index (χ2v) is 6.27. The zero-order valence-corrected chi connectivity index (χ0v) is 14.8. The Bertz CT molecular complexity index is 869. The number of aromatic nitrogens is 1. The predicted molar refractivity (Wildman–Crippen MR) is 106 cm³/mol. The van der Waals surface area contributed by atoms with Crippen molar-refractivity contribution in [2.45, 2.75) is 6.92 Å². The molecule has 3 aromatic rings. The Kier molecular flexibility index (Phi) is 5.59. The first-order chi connectivity index (χ1) is 12.3. The summed E-state index contributed by atoms with van der Waals surface area (Å²) in [6.07, 6.45) is 3.44. The molecule has 25 heavy (non-hydrogen) atoms. The van der Waals surface area contributed by atoms with Crippen LogP contribution in [0, 0.1) is 6.92 Å². The van der Waals surface area contributed by atoms with Crippen molar-refractivity contribution < 1.29 is 4.74 Å². The molecule has 0 saturated carbocycles. The first kappa shape index (κ1) is 16.9. The van der Waals surface area contributed by atoms with Crippen molar-refractivity contribution in [2.24, 2.45) is 5.10 Å². The molecule has 0 aliphatic carbocycles. The number of nitrogens with one attached hydrogen (secondary N) is 1. The number of hydrogen-bond acceptors (Lipinski definition) is 5. The van der Waals surface area contributed by atoms with Gasteiger partial charge < -0.3 is 4.74 Å². The van der Waals surface area contributed by atoms with Gasteiger partial charge in [-0.25, -0.2) is 4.98 Å². The van der Waals surface area contributed by atoms with E-state index in [0.717, 1.165) is 27.7 Å². The van der Waals surface area contributed by atoms with Crippen molar-refractivity contribution in [3.05, 3.63) is 77.7 Å². The van der Waals surface area contributed by atoms with Crippen LogP contribution in [0.2, 0.25) is 0 Å². The van der Waals surface area contributed by atoms with Gasteiger partial charge in [-0.2, -0.15) is 5.10 Å². The smallest absolute Gasteiger partial charge is 0.203 e. The molecule has 0 aliphatic heterocycles. The molecule has 2 aromatic carbocycles. The van der Waals surface area contributed by atoms with Crippen LogP contribution in [0.1, 0.15) is 11.1 Å². The fraction of sp³-hybridized carbons (Fsp3) is 0.100. The van der Waals surface area contributed by atoms with E-state index >= 15 is 0 Å². The Morgan fingerprint density at radius 3 is 2.80 bits per heavy atom. The minimum absolute atomic E-state index is 0.463. The molecule has 1 N–H and O–H groups in total. The van der Waals surface area contributed by atoms with Crippen LogP contribution in [0.15, 0.2) is 71.7 Å². The summed E-state index contributed by atoms with van der Waals surface area (Å²) in [5.74, 6) is 0.771. The van der Waals surface area contributed by atoms with Gasteiger partial charge in [0.05, 0.1) is 11.9 Å². The zero-order valence-electron chi connectivity index (χ0n) is 14.0. The molecule has 0 spiro atoms. The number of hydrogen-bond donors (Lipinski definition) is 1. The van der Waals surface area contributed by atoms with E-state index in [1.807, 2.05) is 29.6 Å². The highest BCUT2D eigenvalue weighted by atomic mass is 32.1. The molecule has 0 radical (unpaired) electrons. The summed E-state index contributed by atoms with van der Waals surface area (Å²) in [5.41, 5.74) is 7.15. The number of anilines is 1. The summed E-state index contributed by atoms with van der Waals surface area (Å²) in [5, 5.41) is 7.03. The quantitative estimate of drug-likeness (QED) is 0.365. The van der Waals surface area contributed by atoms with E-state index in [-0.39, 0.29) is 0 Å². The number of thiazole rings is 1. The summed E-state index contributed by atoms with van der Waals surface area (Å²) in [4.78, 5) is 4.56. The van der Waals surface area contributed by atoms with E-state index in [0.29, 0.717) is 6.61 Å². The van der Waals surface area contributed by atoms with Gasteiger partial charge in [0.15, 0.2) is 0 Å². The van der Waals surface area contributed by atoms with Crippen molar-refractivity contribution in [3.63, 3.8) is 0 Å². The lowest BCUT2D eigenvalue weighted by Crippen LogP contribution is -1.97. The Balaban J connectivity index is 1.67. The molecule has 0 aliphatic rings. The van der Waals surface area contributed by atoms with Crippen LogP contribution in [0.5, 0.6) is 5.75 Å². The number of nitrogens with zero attached hydrogens (tertiary/aromatic N) is 2. The number of benzene rings is 2. The molecule has 0 fully saturated rings. The van der Waals surface area contributed by atoms with Crippen LogP contribution in [-0.2, 0) is 0 Å². The fourth-order valence-electron chi connectivity index (χ4n) is 2.21. The fourth-order valence-corrected chi connectivity index (χ4v) is 2.87. The average molecular weight is 349 g/mol. The monoisotopic (exact) mass is 349 g/mol. The van der Waals surface area contributed by atoms with Gasteiger partial charge in [0, 0.05) is 16.5 Å². The molecule has 3 rings (SSSR count). The summed E-state index contributed by atoms with van der Waals surface area (Å²) in [6, 6.07) is 16.0. The highest BCUT2D eigenvalue weighted by Crippen LogP contribution is 2.25. The van der Waals surface area contributed by atoms with Crippen molar-refractivity contribution in [1.29, 1.82) is 0 Å². The summed E-state index contributed by atoms with van der Waals surface area (Å²) in [6.45, 7) is 6.20. The SMILES string of the molecule is C=CCOc1ccccc1/C=N\Nc1nc(-c2ccc(C)cc2)cs1. The molecule has 0 atom stereocenters. The number of aryl methyl sites for hydroxylation is 1. The lowest BCUT2D eigenvalue weighted by Gasteiger charge is -2.05. The first-order valence-electron chi connectivity index (χ1n) is 7.90. The van der Waals surface area contributed by atoms with Crippen LogP contribution in [-0.4, -0.2) is 17.8 Å². The maximum absolute atomic E-state index is 5.61. The van der Waals surface area contributed by atoms with Crippen molar-refractivity contribution in [2.75, 3.05) is 12.0 Å². The Labute approximate surface area is 151 Å². The van der Waals surface area contributed by atoms with Gasteiger partial charge >= 0.3 is 0 Å². The second-order valence-electron chi connectivity index (χ2n) is 5.41. The van der Waals surface area contributed by atoms with E-state index in [1.54, 1.807) is 12.3 Å². The molecule has 5 heteroatoms. The van der Waals surface area contributed by atoms with Gasteiger partial charge in [0.25, 0.3) is 0 Å². The second kappa shape index (κ2) is 8.26. The highest BCUT2D eigenvalue weighted by Gasteiger charge is 2.04. The van der Waals surface area contributed by atoms with E-state index in [1.165, 1.54) is 16.9 Å². The summed E-state index contributed by atoms with van der Waals surface area (Å²) < 4.78 is 5.61. The Morgan fingerprint density at radius 2 is 2.00 bits per heavy atom. The van der Waals surface area contributed by atoms with Gasteiger partial charge in [-0.3, -0.25) is 5.43 Å². The highest BCUT2D eigenvalue weighted by molar-refractivity contribution is 7.14. The standard InChI is InChI=1S/C20H19N3OS/c1-3-12-24-19-7-5-4-6-17(19)13-21-23-20-22-18(14-25-20)16-10-8-15(2)9-11-16/h3-11,13-14H,1,12H2,2H3,(H,22,23)/b21-13-. The van der Waals surface area contributed by atoms with Crippen LogP contribution in [0.25, 0.3) is 11.3 Å². The molecule has 0 bridgehead atoms. The molecule has 0 unspecified atom stereocenters. The number of ether oxygens (including phenoxy) is 1. The third kappa shape index (κ3) is 4.55. The van der Waals surface area contributed by atoms with Crippen molar-refractivity contribution in [1.82, 2.24) is 4.98 Å². The molecular weight excluding hydrogens is 330 g/mol. The molecule has 0 amide bonds. The van der Waals surface area contributed by atoms with E-state index in [2.05, 4.69) is 53.3 Å². The van der Waals surface area contributed by atoms with Gasteiger partial charge in [-0.05, 0) is 19.1 Å². The number of rotatable bonds is 7. The predicted octanol–water partition coefficient (Wildman–Crippen LogP) is 5.13. The normalized spacial score (nSPS) is 10.8. The number of para-hydroxylation sites is 1. The first-order valence-corrected chi connectivity index (χ1v) is 8.78. The lowest BCUT2D eigenvalue weighted by molar-refractivity contribution is 0.363. The molecule has 1 aromatic heterocycles. The van der Waals surface area contributed by atoms with E-state index < -0.39 is 0 Å². The van der Waals surface area contributed by atoms with Gasteiger partial charge in [-0.1, -0.05) is 54.6 Å². The molecule has 1 heterocycles. The zero-order chi connectivity index (χ0) is 17.5. The summed E-state index contributed by atoms with van der Waals surface area (Å²) >= 11 is 1.52.